The van der Waals surface area contributed by atoms with Crippen molar-refractivity contribution in [2.75, 3.05) is 26.1 Å². The number of anilines is 1. The number of hydrogen-bond donors (Lipinski definition) is 2. The molecule has 1 heterocycles. The van der Waals surface area contributed by atoms with E-state index in [1.807, 2.05) is 6.07 Å². The van der Waals surface area contributed by atoms with Gasteiger partial charge in [0.05, 0.1) is 32.4 Å². The fourth-order valence-electron chi connectivity index (χ4n) is 2.59. The van der Waals surface area contributed by atoms with Crippen molar-refractivity contribution in [1.82, 2.24) is 5.43 Å². The molecule has 3 rings (SSSR count). The van der Waals surface area contributed by atoms with Crippen molar-refractivity contribution in [1.29, 1.82) is 0 Å². The van der Waals surface area contributed by atoms with Crippen LogP contribution < -0.4 is 25.0 Å². The van der Waals surface area contributed by atoms with Gasteiger partial charge in [-0.25, -0.2) is 5.43 Å². The summed E-state index contributed by atoms with van der Waals surface area (Å²) in [7, 11) is 3.01. The fraction of sp³-hybridized carbons (Fsp3) is 0.136. The van der Waals surface area contributed by atoms with E-state index in [1.54, 1.807) is 42.5 Å². The van der Waals surface area contributed by atoms with E-state index in [4.69, 9.17) is 18.6 Å². The quantitative estimate of drug-likeness (QED) is 0.404. The van der Waals surface area contributed by atoms with Crippen LogP contribution in [0.5, 0.6) is 17.2 Å². The molecule has 0 bridgehead atoms. The second-order valence-electron chi connectivity index (χ2n) is 6.12. The van der Waals surface area contributed by atoms with E-state index in [0.717, 1.165) is 0 Å². The van der Waals surface area contributed by atoms with E-state index in [1.165, 1.54) is 32.8 Å². The van der Waals surface area contributed by atoms with Gasteiger partial charge in [-0.3, -0.25) is 9.59 Å². The van der Waals surface area contributed by atoms with Gasteiger partial charge in [-0.1, -0.05) is 12.1 Å². The zero-order valence-electron chi connectivity index (χ0n) is 17.0. The second-order valence-corrected chi connectivity index (χ2v) is 6.12. The van der Waals surface area contributed by atoms with E-state index in [9.17, 15) is 9.59 Å². The Hall–Kier alpha value is -4.27. The van der Waals surface area contributed by atoms with Crippen LogP contribution in [0.15, 0.2) is 70.4 Å². The van der Waals surface area contributed by atoms with Crippen LogP contribution in [0, 0.1) is 0 Å². The lowest BCUT2D eigenvalue weighted by Crippen LogP contribution is -2.20. The lowest BCUT2D eigenvalue weighted by molar-refractivity contribution is -0.118. The maximum Gasteiger partial charge on any atom is 0.307 e. The van der Waals surface area contributed by atoms with Crippen LogP contribution in [-0.2, 0) is 4.79 Å². The van der Waals surface area contributed by atoms with Crippen LogP contribution in [-0.4, -0.2) is 38.9 Å². The van der Waals surface area contributed by atoms with Crippen LogP contribution in [0.4, 0.5) is 5.69 Å². The number of rotatable bonds is 9. The molecular weight excluding hydrogens is 402 g/mol. The average molecular weight is 423 g/mol. The molecule has 0 aliphatic carbocycles. The molecule has 2 amide bonds. The molecule has 1 aromatic heterocycles. The summed E-state index contributed by atoms with van der Waals surface area (Å²) in [6, 6.07) is 15.2. The van der Waals surface area contributed by atoms with Gasteiger partial charge in [-0.15, -0.1) is 0 Å². The first-order valence-corrected chi connectivity index (χ1v) is 9.21. The third-order valence-electron chi connectivity index (χ3n) is 4.05. The van der Waals surface area contributed by atoms with E-state index >= 15 is 0 Å². The number of methoxy groups -OCH3 is 2. The highest BCUT2D eigenvalue weighted by Gasteiger charge is 2.11. The molecule has 9 nitrogen and oxygen atoms in total. The van der Waals surface area contributed by atoms with E-state index in [-0.39, 0.29) is 18.3 Å². The number of nitrogens with zero attached hydrogens (tertiary/aromatic N) is 1. The predicted molar refractivity (Wildman–Crippen MR) is 114 cm³/mol. The summed E-state index contributed by atoms with van der Waals surface area (Å²) in [5.74, 6) is 0.689. The van der Waals surface area contributed by atoms with Gasteiger partial charge in [0.25, 0.3) is 5.91 Å². The summed E-state index contributed by atoms with van der Waals surface area (Å²) >= 11 is 0. The number of carbonyl (C=O) groups is 2. The lowest BCUT2D eigenvalue weighted by Gasteiger charge is -2.12. The molecule has 0 saturated heterocycles. The number of furan rings is 1. The van der Waals surface area contributed by atoms with Gasteiger partial charge in [-0.05, 0) is 48.0 Å². The molecule has 2 N–H and O–H groups in total. The Labute approximate surface area is 178 Å². The molecule has 0 aliphatic heterocycles. The van der Waals surface area contributed by atoms with E-state index < -0.39 is 5.91 Å². The highest BCUT2D eigenvalue weighted by Crippen LogP contribution is 2.28. The maximum absolute atomic E-state index is 12.2. The van der Waals surface area contributed by atoms with Crippen molar-refractivity contribution in [2.24, 2.45) is 5.10 Å². The largest absolute Gasteiger partial charge is 0.495 e. The van der Waals surface area contributed by atoms with Gasteiger partial charge in [0.1, 0.15) is 5.75 Å². The second kappa shape index (κ2) is 10.5. The number of para-hydroxylation sites is 2. The molecule has 0 spiro atoms. The molecule has 3 aromatic rings. The van der Waals surface area contributed by atoms with Gasteiger partial charge in [0, 0.05) is 0 Å². The third kappa shape index (κ3) is 5.86. The monoisotopic (exact) mass is 423 g/mol. The molecule has 0 fully saturated rings. The van der Waals surface area contributed by atoms with Gasteiger partial charge < -0.3 is 23.9 Å². The number of amides is 2. The number of ether oxygens (including phenoxy) is 3. The summed E-state index contributed by atoms with van der Waals surface area (Å²) in [5.41, 5.74) is 3.56. The minimum absolute atomic E-state index is 0.157. The van der Waals surface area contributed by atoms with Crippen molar-refractivity contribution in [3.05, 3.63) is 72.2 Å². The standard InChI is InChI=1S/C22H21N3O6/c1-28-17-7-4-3-6-16(17)24-21(26)14-31-18-10-9-15(12-20(18)29-2)13-23-25-22(27)19-8-5-11-30-19/h3-13H,14H2,1-2H3,(H,24,26)(H,25,27). The summed E-state index contributed by atoms with van der Waals surface area (Å²) < 4.78 is 21.1. The number of nitrogens with one attached hydrogen (secondary N) is 2. The summed E-state index contributed by atoms with van der Waals surface area (Å²) in [6.45, 7) is -0.221. The molecule has 0 unspecified atom stereocenters. The first-order chi connectivity index (χ1) is 15.1. The zero-order chi connectivity index (χ0) is 22.1. The van der Waals surface area contributed by atoms with Gasteiger partial charge in [0.2, 0.25) is 0 Å². The Kier molecular flexibility index (Phi) is 7.26. The van der Waals surface area contributed by atoms with E-state index in [2.05, 4.69) is 15.8 Å². The number of benzene rings is 2. The third-order valence-corrected chi connectivity index (χ3v) is 4.05. The Balaban J connectivity index is 1.57. The van der Waals surface area contributed by atoms with Gasteiger partial charge in [0.15, 0.2) is 23.9 Å². The van der Waals surface area contributed by atoms with Crippen molar-refractivity contribution in [3.8, 4) is 17.2 Å². The first-order valence-electron chi connectivity index (χ1n) is 9.21. The van der Waals surface area contributed by atoms with E-state index in [0.29, 0.717) is 28.5 Å². The van der Waals surface area contributed by atoms with Gasteiger partial charge in [-0.2, -0.15) is 5.10 Å². The summed E-state index contributed by atoms with van der Waals surface area (Å²) in [6.07, 6.45) is 2.85. The average Bonchev–Trinajstić information content (AvgIpc) is 3.33. The first kappa shape index (κ1) is 21.4. The van der Waals surface area contributed by atoms with Crippen molar-refractivity contribution < 1.29 is 28.2 Å². The zero-order valence-corrected chi connectivity index (χ0v) is 17.0. The summed E-state index contributed by atoms with van der Waals surface area (Å²) in [5, 5.41) is 6.61. The maximum atomic E-state index is 12.2. The molecule has 0 radical (unpaired) electrons. The molecule has 2 aromatic carbocycles. The molecule has 9 heteroatoms. The fourth-order valence-corrected chi connectivity index (χ4v) is 2.59. The van der Waals surface area contributed by atoms with Crippen LogP contribution >= 0.6 is 0 Å². The SMILES string of the molecule is COc1ccccc1NC(=O)COc1ccc(C=NNC(=O)c2ccco2)cc1OC. The minimum Gasteiger partial charge on any atom is -0.495 e. The number of hydrogen-bond acceptors (Lipinski definition) is 7. The Morgan fingerprint density at radius 1 is 1.00 bits per heavy atom. The highest BCUT2D eigenvalue weighted by atomic mass is 16.5. The Morgan fingerprint density at radius 2 is 1.81 bits per heavy atom. The van der Waals surface area contributed by atoms with Crippen LogP contribution in [0.25, 0.3) is 0 Å². The van der Waals surface area contributed by atoms with Crippen molar-refractivity contribution in [3.63, 3.8) is 0 Å². The Morgan fingerprint density at radius 3 is 2.55 bits per heavy atom. The molecule has 160 valence electrons. The van der Waals surface area contributed by atoms with Gasteiger partial charge >= 0.3 is 5.91 Å². The Bertz CT molecular complexity index is 1060. The number of carbonyl (C=O) groups excluding carboxylic acids is 2. The molecule has 0 saturated carbocycles. The number of hydrazone groups is 1. The minimum atomic E-state index is -0.464. The topological polar surface area (TPSA) is 111 Å². The molecule has 0 atom stereocenters. The smallest absolute Gasteiger partial charge is 0.307 e. The molecule has 0 aliphatic rings. The molecular formula is C22H21N3O6. The summed E-state index contributed by atoms with van der Waals surface area (Å²) in [4.78, 5) is 24.0. The highest BCUT2D eigenvalue weighted by molar-refractivity contribution is 5.93. The normalized spacial score (nSPS) is 10.5. The predicted octanol–water partition coefficient (Wildman–Crippen LogP) is 3.08. The lowest BCUT2D eigenvalue weighted by atomic mass is 10.2. The van der Waals surface area contributed by atoms with Crippen LogP contribution in [0.3, 0.4) is 0 Å². The van der Waals surface area contributed by atoms with Crippen molar-refractivity contribution >= 4 is 23.7 Å². The molecule has 31 heavy (non-hydrogen) atoms. The van der Waals surface area contributed by atoms with Crippen LogP contribution in [0.2, 0.25) is 0 Å². The van der Waals surface area contributed by atoms with Crippen molar-refractivity contribution in [2.45, 2.75) is 0 Å². The van der Waals surface area contributed by atoms with Crippen LogP contribution in [0.1, 0.15) is 16.1 Å².